The van der Waals surface area contributed by atoms with Crippen molar-refractivity contribution in [2.75, 3.05) is 13.7 Å². The van der Waals surface area contributed by atoms with Gasteiger partial charge in [0.2, 0.25) is 5.91 Å². The van der Waals surface area contributed by atoms with E-state index < -0.39 is 12.0 Å². The maximum atomic E-state index is 12.1. The lowest BCUT2D eigenvalue weighted by molar-refractivity contribution is -0.143. The minimum atomic E-state index is -1.00. The average molecular weight is 256 g/mol. The second kappa shape index (κ2) is 5.67. The van der Waals surface area contributed by atoms with E-state index in [9.17, 15) is 9.59 Å². The first-order chi connectivity index (χ1) is 8.61. The number of carbonyl (C=O) groups is 2. The van der Waals surface area contributed by atoms with E-state index in [1.54, 1.807) is 0 Å². The van der Waals surface area contributed by atoms with Crippen LogP contribution in [0.3, 0.4) is 0 Å². The highest BCUT2D eigenvalue weighted by Crippen LogP contribution is 2.33. The highest BCUT2D eigenvalue weighted by molar-refractivity contribution is 5.85. The molecule has 0 aromatic carbocycles. The number of methoxy groups -OCH3 is 1. The number of carboxylic acids is 1. The molecule has 6 heteroatoms. The fourth-order valence-corrected chi connectivity index (χ4v) is 2.89. The Bertz CT molecular complexity index is 334. The number of hydrogen-bond donors (Lipinski definition) is 3. The molecule has 2 fully saturated rings. The van der Waals surface area contributed by atoms with E-state index in [0.717, 1.165) is 19.3 Å². The third kappa shape index (κ3) is 2.81. The molecule has 18 heavy (non-hydrogen) atoms. The second-order valence-corrected chi connectivity index (χ2v) is 5.07. The van der Waals surface area contributed by atoms with Crippen molar-refractivity contribution >= 4 is 11.9 Å². The lowest BCUT2D eigenvalue weighted by Crippen LogP contribution is -2.46. The van der Waals surface area contributed by atoms with Crippen LogP contribution >= 0.6 is 0 Å². The third-order valence-electron chi connectivity index (χ3n) is 3.86. The summed E-state index contributed by atoms with van der Waals surface area (Å²) in [5.41, 5.74) is 0. The molecule has 0 radical (unpaired) electrons. The molecule has 4 atom stereocenters. The molecule has 6 nitrogen and oxygen atoms in total. The van der Waals surface area contributed by atoms with Gasteiger partial charge in [0, 0.05) is 32.2 Å². The molecule has 3 N–H and O–H groups in total. The predicted molar refractivity (Wildman–Crippen MR) is 64.1 cm³/mol. The largest absolute Gasteiger partial charge is 0.480 e. The number of ether oxygens (including phenoxy) is 1. The van der Waals surface area contributed by atoms with Crippen LogP contribution in [0.4, 0.5) is 0 Å². The molecule has 2 aliphatic rings. The lowest BCUT2D eigenvalue weighted by atomic mass is 9.88. The van der Waals surface area contributed by atoms with Crippen LogP contribution in [0.2, 0.25) is 0 Å². The first-order valence-electron chi connectivity index (χ1n) is 6.40. The molecular weight excluding hydrogens is 236 g/mol. The predicted octanol–water partition coefficient (Wildman–Crippen LogP) is -0.267. The average Bonchev–Trinajstić information content (AvgIpc) is 2.95. The van der Waals surface area contributed by atoms with Crippen LogP contribution in [-0.2, 0) is 14.3 Å². The van der Waals surface area contributed by atoms with Crippen molar-refractivity contribution in [2.45, 2.75) is 43.8 Å². The zero-order chi connectivity index (χ0) is 13.1. The van der Waals surface area contributed by atoms with E-state index in [1.165, 1.54) is 7.11 Å². The van der Waals surface area contributed by atoms with Crippen LogP contribution in [0.15, 0.2) is 0 Å². The molecule has 4 unspecified atom stereocenters. The van der Waals surface area contributed by atoms with Crippen molar-refractivity contribution in [3.8, 4) is 0 Å². The number of aliphatic carboxylic acids is 1. The van der Waals surface area contributed by atoms with Crippen LogP contribution in [-0.4, -0.2) is 48.8 Å². The standard InChI is InChI=1S/C12H20N2O4/c1-18-5-4-10(12(16)17)14-11(15)8-6-7-2-3-9(8)13-7/h7-10,13H,2-6H2,1H3,(H,14,15)(H,16,17). The summed E-state index contributed by atoms with van der Waals surface area (Å²) in [5, 5.41) is 15.0. The van der Waals surface area contributed by atoms with Crippen molar-refractivity contribution in [1.29, 1.82) is 0 Å². The van der Waals surface area contributed by atoms with E-state index in [4.69, 9.17) is 9.84 Å². The molecule has 0 aromatic rings. The second-order valence-electron chi connectivity index (χ2n) is 5.07. The first-order valence-corrected chi connectivity index (χ1v) is 6.40. The van der Waals surface area contributed by atoms with Crippen molar-refractivity contribution < 1.29 is 19.4 Å². The van der Waals surface area contributed by atoms with Gasteiger partial charge in [-0.25, -0.2) is 4.79 Å². The Kier molecular flexibility index (Phi) is 4.19. The van der Waals surface area contributed by atoms with Crippen LogP contribution in [0.25, 0.3) is 0 Å². The molecular formula is C12H20N2O4. The molecule has 2 aliphatic heterocycles. The zero-order valence-corrected chi connectivity index (χ0v) is 10.5. The highest BCUT2D eigenvalue weighted by Gasteiger charge is 2.43. The summed E-state index contributed by atoms with van der Waals surface area (Å²) in [6, 6.07) is -0.184. The van der Waals surface area contributed by atoms with E-state index in [-0.39, 0.29) is 17.9 Å². The maximum Gasteiger partial charge on any atom is 0.326 e. The number of amides is 1. The van der Waals surface area contributed by atoms with E-state index in [1.807, 2.05) is 0 Å². The van der Waals surface area contributed by atoms with Crippen molar-refractivity contribution in [2.24, 2.45) is 5.92 Å². The van der Waals surface area contributed by atoms with Crippen LogP contribution in [0.5, 0.6) is 0 Å². The number of nitrogens with one attached hydrogen (secondary N) is 2. The van der Waals surface area contributed by atoms with Gasteiger partial charge in [0.25, 0.3) is 0 Å². The fourth-order valence-electron chi connectivity index (χ4n) is 2.89. The Balaban J connectivity index is 1.86. The van der Waals surface area contributed by atoms with E-state index >= 15 is 0 Å². The minimum absolute atomic E-state index is 0.0758. The van der Waals surface area contributed by atoms with Gasteiger partial charge in [0.05, 0.1) is 5.92 Å². The van der Waals surface area contributed by atoms with Gasteiger partial charge >= 0.3 is 5.97 Å². The van der Waals surface area contributed by atoms with Crippen LogP contribution in [0.1, 0.15) is 25.7 Å². The Morgan fingerprint density at radius 3 is 2.78 bits per heavy atom. The Labute approximate surface area is 106 Å². The molecule has 0 spiro atoms. The normalized spacial score (nSPS) is 31.3. The van der Waals surface area contributed by atoms with Crippen LogP contribution in [0, 0.1) is 5.92 Å². The smallest absolute Gasteiger partial charge is 0.326 e. The van der Waals surface area contributed by atoms with Gasteiger partial charge in [-0.2, -0.15) is 0 Å². The Morgan fingerprint density at radius 2 is 2.28 bits per heavy atom. The van der Waals surface area contributed by atoms with Crippen LogP contribution < -0.4 is 10.6 Å². The first kappa shape index (κ1) is 13.3. The van der Waals surface area contributed by atoms with Gasteiger partial charge < -0.3 is 20.5 Å². The van der Waals surface area contributed by atoms with E-state index in [2.05, 4.69) is 10.6 Å². The van der Waals surface area contributed by atoms with E-state index in [0.29, 0.717) is 19.1 Å². The van der Waals surface area contributed by atoms with Gasteiger partial charge in [0.1, 0.15) is 6.04 Å². The zero-order valence-electron chi connectivity index (χ0n) is 10.5. The molecule has 1 amide bonds. The molecule has 102 valence electrons. The topological polar surface area (TPSA) is 87.7 Å². The van der Waals surface area contributed by atoms with Crippen molar-refractivity contribution in [1.82, 2.24) is 10.6 Å². The summed E-state index contributed by atoms with van der Waals surface area (Å²) in [6.07, 6.45) is 3.26. The lowest BCUT2D eigenvalue weighted by Gasteiger charge is -2.22. The Morgan fingerprint density at radius 1 is 1.50 bits per heavy atom. The summed E-state index contributed by atoms with van der Waals surface area (Å²) in [4.78, 5) is 23.1. The minimum Gasteiger partial charge on any atom is -0.480 e. The summed E-state index contributed by atoms with van der Waals surface area (Å²) in [5.74, 6) is -1.22. The molecule has 2 bridgehead atoms. The fraction of sp³-hybridized carbons (Fsp3) is 0.833. The quantitative estimate of drug-likeness (QED) is 0.609. The van der Waals surface area contributed by atoms with Crippen molar-refractivity contribution in [3.63, 3.8) is 0 Å². The Hall–Kier alpha value is -1.14. The monoisotopic (exact) mass is 256 g/mol. The molecule has 2 saturated heterocycles. The maximum absolute atomic E-state index is 12.1. The van der Waals surface area contributed by atoms with Crippen molar-refractivity contribution in [3.05, 3.63) is 0 Å². The number of hydrogen-bond acceptors (Lipinski definition) is 4. The summed E-state index contributed by atoms with van der Waals surface area (Å²) >= 11 is 0. The van der Waals surface area contributed by atoms with Gasteiger partial charge in [-0.3, -0.25) is 4.79 Å². The number of carbonyl (C=O) groups excluding carboxylic acids is 1. The van der Waals surface area contributed by atoms with Gasteiger partial charge in [-0.05, 0) is 19.3 Å². The molecule has 2 heterocycles. The van der Waals surface area contributed by atoms with Gasteiger partial charge in [-0.15, -0.1) is 0 Å². The SMILES string of the molecule is COCCC(NC(=O)C1CC2CCC1N2)C(=O)O. The summed E-state index contributed by atoms with van der Waals surface area (Å²) in [7, 11) is 1.51. The third-order valence-corrected chi connectivity index (χ3v) is 3.86. The molecule has 0 aromatic heterocycles. The van der Waals surface area contributed by atoms with Gasteiger partial charge in [-0.1, -0.05) is 0 Å². The summed E-state index contributed by atoms with van der Waals surface area (Å²) in [6.45, 7) is 0.326. The van der Waals surface area contributed by atoms with Gasteiger partial charge in [0.15, 0.2) is 0 Å². The highest BCUT2D eigenvalue weighted by atomic mass is 16.5. The molecule has 2 rings (SSSR count). The number of rotatable bonds is 6. The molecule has 0 saturated carbocycles. The number of carboxylic acid groups (broad SMARTS) is 1. The summed E-state index contributed by atoms with van der Waals surface area (Å²) < 4.78 is 4.85. The number of fused-ring (bicyclic) bond motifs is 2. The molecule has 0 aliphatic carbocycles.